The fourth-order valence-electron chi connectivity index (χ4n) is 0.719. The largest absolute Gasteiger partial charge is 0.392 e. The Morgan fingerprint density at radius 3 is 2.09 bits per heavy atom. The van der Waals surface area contributed by atoms with Crippen molar-refractivity contribution in [2.45, 2.75) is 45.8 Å². The maximum absolute atomic E-state index is 9.35. The highest BCUT2D eigenvalue weighted by Gasteiger charge is 2.18. The Kier molecular flexibility index (Phi) is 4.04. The molecule has 0 heterocycles. The number of likely N-dealkylation sites (N-methyl/N-ethyl adjacent to an activating group) is 1. The zero-order valence-corrected chi connectivity index (χ0v) is 8.39. The number of aliphatic hydroxyl groups excluding tert-OH is 1. The van der Waals surface area contributed by atoms with Gasteiger partial charge in [-0.25, -0.2) is 0 Å². The van der Waals surface area contributed by atoms with Crippen LogP contribution in [-0.4, -0.2) is 35.2 Å². The number of aliphatic hydroxyl groups is 1. The molecule has 2 nitrogen and oxygen atoms in total. The SMILES string of the molecule is CC[C@H](O)CN(C)C(C)(C)C. The van der Waals surface area contributed by atoms with Crippen molar-refractivity contribution in [2.24, 2.45) is 0 Å². The van der Waals surface area contributed by atoms with Crippen molar-refractivity contribution >= 4 is 0 Å². The Bertz CT molecular complexity index is 107. The Morgan fingerprint density at radius 2 is 1.82 bits per heavy atom. The molecule has 0 aliphatic rings. The number of β-amino-alcohol motifs (C(OH)–C–C–N with tert-alkyl or cyclic N) is 1. The first-order valence-corrected chi connectivity index (χ1v) is 4.27. The third-order valence-electron chi connectivity index (χ3n) is 2.10. The summed E-state index contributed by atoms with van der Waals surface area (Å²) in [5.74, 6) is 0. The Labute approximate surface area is 70.2 Å². The second kappa shape index (κ2) is 4.07. The van der Waals surface area contributed by atoms with Crippen molar-refractivity contribution < 1.29 is 5.11 Å². The lowest BCUT2D eigenvalue weighted by Crippen LogP contribution is -2.42. The Balaban J connectivity index is 3.77. The van der Waals surface area contributed by atoms with Gasteiger partial charge in [0.25, 0.3) is 0 Å². The quantitative estimate of drug-likeness (QED) is 0.674. The normalized spacial score (nSPS) is 15.5. The molecule has 1 N–H and O–H groups in total. The van der Waals surface area contributed by atoms with Crippen LogP contribution in [0.5, 0.6) is 0 Å². The molecule has 68 valence electrons. The van der Waals surface area contributed by atoms with Crippen LogP contribution in [0.4, 0.5) is 0 Å². The molecule has 0 aliphatic heterocycles. The monoisotopic (exact) mass is 159 g/mol. The lowest BCUT2D eigenvalue weighted by atomic mass is 10.1. The summed E-state index contributed by atoms with van der Waals surface area (Å²) in [4.78, 5) is 2.17. The summed E-state index contributed by atoms with van der Waals surface area (Å²) >= 11 is 0. The summed E-state index contributed by atoms with van der Waals surface area (Å²) in [5, 5.41) is 9.35. The lowest BCUT2D eigenvalue weighted by Gasteiger charge is -2.33. The molecule has 0 fully saturated rings. The highest BCUT2D eigenvalue weighted by molar-refractivity contribution is 4.74. The number of rotatable bonds is 3. The number of hydrogen-bond donors (Lipinski definition) is 1. The zero-order valence-electron chi connectivity index (χ0n) is 8.39. The molecular formula is C9H21NO. The molecular weight excluding hydrogens is 138 g/mol. The van der Waals surface area contributed by atoms with Crippen LogP contribution in [0.1, 0.15) is 34.1 Å². The molecule has 1 atom stereocenters. The fraction of sp³-hybridized carbons (Fsp3) is 1.00. The van der Waals surface area contributed by atoms with E-state index in [0.29, 0.717) is 0 Å². The van der Waals surface area contributed by atoms with E-state index in [1.54, 1.807) is 0 Å². The van der Waals surface area contributed by atoms with Crippen LogP contribution in [0.15, 0.2) is 0 Å². The Morgan fingerprint density at radius 1 is 1.36 bits per heavy atom. The molecule has 11 heavy (non-hydrogen) atoms. The van der Waals surface area contributed by atoms with Gasteiger partial charge in [-0.3, -0.25) is 4.90 Å². The molecule has 0 aromatic rings. The molecule has 0 saturated carbocycles. The van der Waals surface area contributed by atoms with Gasteiger partial charge in [-0.1, -0.05) is 6.92 Å². The van der Waals surface area contributed by atoms with Gasteiger partial charge in [-0.15, -0.1) is 0 Å². The highest BCUT2D eigenvalue weighted by Crippen LogP contribution is 2.10. The van der Waals surface area contributed by atoms with Crippen LogP contribution >= 0.6 is 0 Å². The summed E-state index contributed by atoms with van der Waals surface area (Å²) < 4.78 is 0. The molecule has 0 saturated heterocycles. The highest BCUT2D eigenvalue weighted by atomic mass is 16.3. The van der Waals surface area contributed by atoms with E-state index in [1.807, 2.05) is 14.0 Å². The van der Waals surface area contributed by atoms with Gasteiger partial charge in [-0.2, -0.15) is 0 Å². The van der Waals surface area contributed by atoms with E-state index < -0.39 is 0 Å². The Hall–Kier alpha value is -0.0800. The van der Waals surface area contributed by atoms with Gasteiger partial charge in [0.1, 0.15) is 0 Å². The number of nitrogens with zero attached hydrogens (tertiary/aromatic N) is 1. The molecule has 2 heteroatoms. The van der Waals surface area contributed by atoms with Crippen molar-refractivity contribution in [3.63, 3.8) is 0 Å². The van der Waals surface area contributed by atoms with E-state index in [1.165, 1.54) is 0 Å². The van der Waals surface area contributed by atoms with Crippen LogP contribution in [0, 0.1) is 0 Å². The molecule has 0 aromatic carbocycles. The smallest absolute Gasteiger partial charge is 0.0664 e. The first-order chi connectivity index (χ1) is 4.88. The topological polar surface area (TPSA) is 23.5 Å². The van der Waals surface area contributed by atoms with Gasteiger partial charge in [0.05, 0.1) is 6.10 Å². The van der Waals surface area contributed by atoms with E-state index in [9.17, 15) is 5.11 Å². The molecule has 0 spiro atoms. The second-order valence-corrected chi connectivity index (χ2v) is 4.11. The van der Waals surface area contributed by atoms with Crippen LogP contribution in [-0.2, 0) is 0 Å². The lowest BCUT2D eigenvalue weighted by molar-refractivity contribution is 0.0769. The minimum Gasteiger partial charge on any atom is -0.392 e. The standard InChI is InChI=1S/C9H21NO/c1-6-8(11)7-10(5)9(2,3)4/h8,11H,6-7H2,1-5H3/t8-/m0/s1. The van der Waals surface area contributed by atoms with Crippen LogP contribution in [0.2, 0.25) is 0 Å². The second-order valence-electron chi connectivity index (χ2n) is 4.11. The van der Waals surface area contributed by atoms with Crippen molar-refractivity contribution in [3.05, 3.63) is 0 Å². The molecule has 0 aromatic heterocycles. The number of hydrogen-bond acceptors (Lipinski definition) is 2. The third kappa shape index (κ3) is 4.38. The van der Waals surface area contributed by atoms with Gasteiger partial charge in [0.15, 0.2) is 0 Å². The maximum atomic E-state index is 9.35. The predicted molar refractivity (Wildman–Crippen MR) is 48.7 cm³/mol. The van der Waals surface area contributed by atoms with E-state index >= 15 is 0 Å². The van der Waals surface area contributed by atoms with Gasteiger partial charge < -0.3 is 5.11 Å². The molecule has 0 radical (unpaired) electrons. The first-order valence-electron chi connectivity index (χ1n) is 4.27. The van der Waals surface area contributed by atoms with Crippen molar-refractivity contribution in [1.29, 1.82) is 0 Å². The van der Waals surface area contributed by atoms with Gasteiger partial charge in [0, 0.05) is 12.1 Å². The van der Waals surface area contributed by atoms with Gasteiger partial charge >= 0.3 is 0 Å². The van der Waals surface area contributed by atoms with Crippen molar-refractivity contribution in [3.8, 4) is 0 Å². The third-order valence-corrected chi connectivity index (χ3v) is 2.10. The van der Waals surface area contributed by atoms with Crippen LogP contribution in [0.3, 0.4) is 0 Å². The van der Waals surface area contributed by atoms with E-state index in [-0.39, 0.29) is 11.6 Å². The van der Waals surface area contributed by atoms with E-state index in [2.05, 4.69) is 25.7 Å². The molecule has 0 bridgehead atoms. The molecule has 0 amide bonds. The molecule has 0 rings (SSSR count). The van der Waals surface area contributed by atoms with Crippen molar-refractivity contribution in [2.75, 3.05) is 13.6 Å². The zero-order chi connectivity index (χ0) is 9.07. The summed E-state index contributed by atoms with van der Waals surface area (Å²) in [6.45, 7) is 9.21. The fourth-order valence-corrected chi connectivity index (χ4v) is 0.719. The maximum Gasteiger partial charge on any atom is 0.0664 e. The summed E-state index contributed by atoms with van der Waals surface area (Å²) in [6.07, 6.45) is 0.652. The predicted octanol–water partition coefficient (Wildman–Crippen LogP) is 1.49. The summed E-state index contributed by atoms with van der Waals surface area (Å²) in [5.41, 5.74) is 0.163. The van der Waals surface area contributed by atoms with Crippen LogP contribution in [0.25, 0.3) is 0 Å². The average Bonchev–Trinajstić information content (AvgIpc) is 1.85. The van der Waals surface area contributed by atoms with Crippen molar-refractivity contribution in [1.82, 2.24) is 4.90 Å². The summed E-state index contributed by atoms with van der Waals surface area (Å²) in [7, 11) is 2.04. The molecule has 0 unspecified atom stereocenters. The minimum atomic E-state index is -0.181. The van der Waals surface area contributed by atoms with Crippen LogP contribution < -0.4 is 0 Å². The molecule has 0 aliphatic carbocycles. The minimum absolute atomic E-state index is 0.163. The van der Waals surface area contributed by atoms with Gasteiger partial charge in [-0.05, 0) is 34.2 Å². The van der Waals surface area contributed by atoms with E-state index in [4.69, 9.17) is 0 Å². The first kappa shape index (κ1) is 10.9. The summed E-state index contributed by atoms with van der Waals surface area (Å²) in [6, 6.07) is 0. The average molecular weight is 159 g/mol. The van der Waals surface area contributed by atoms with E-state index in [0.717, 1.165) is 13.0 Å². The van der Waals surface area contributed by atoms with Gasteiger partial charge in [0.2, 0.25) is 0 Å².